The van der Waals surface area contributed by atoms with Crippen LogP contribution in [0.15, 0.2) is 12.1 Å². The molecular weight excluding hydrogens is 194 g/mol. The molecule has 1 aromatic heterocycles. The average Bonchev–Trinajstić information content (AvgIpc) is 2.52. The Kier molecular flexibility index (Phi) is 4.66. The number of hydrogen-bond donors (Lipinski definition) is 1. The second-order valence-corrected chi connectivity index (χ2v) is 4.57. The van der Waals surface area contributed by atoms with Gasteiger partial charge in [0, 0.05) is 11.8 Å². The van der Waals surface area contributed by atoms with E-state index in [4.69, 9.17) is 0 Å². The van der Waals surface area contributed by atoms with Gasteiger partial charge in [-0.15, -0.1) is 11.3 Å². The van der Waals surface area contributed by atoms with Gasteiger partial charge in [-0.3, -0.25) is 4.79 Å². The predicted molar refractivity (Wildman–Crippen MR) is 61.9 cm³/mol. The molecule has 1 amide bonds. The summed E-state index contributed by atoms with van der Waals surface area (Å²) in [5, 5.41) is 3.76. The number of carbonyl (C=O) groups is 1. The summed E-state index contributed by atoms with van der Waals surface area (Å²) in [7, 11) is 0. The molecule has 1 heterocycles. The summed E-state index contributed by atoms with van der Waals surface area (Å²) in [4.78, 5) is 12.1. The largest absolute Gasteiger partial charge is 0.318 e. The topological polar surface area (TPSA) is 29.1 Å². The van der Waals surface area contributed by atoms with E-state index in [1.54, 1.807) is 11.3 Å². The molecule has 0 saturated carbocycles. The molecule has 2 nitrogen and oxygen atoms in total. The lowest BCUT2D eigenvalue weighted by atomic mass is 10.2. The van der Waals surface area contributed by atoms with Crippen LogP contribution in [-0.2, 0) is 11.2 Å². The Morgan fingerprint density at radius 1 is 1.43 bits per heavy atom. The third-order valence-electron chi connectivity index (χ3n) is 1.99. The lowest BCUT2D eigenvalue weighted by Gasteiger charge is -1.96. The standard InChI is InChI=1S/C11H17NOS/c1-3-4-5-6-10-7-8-11(14-10)12-9(2)13/h7-8H,3-6H2,1-2H3,(H,12,13). The number of nitrogens with one attached hydrogen (secondary N) is 1. The van der Waals surface area contributed by atoms with Gasteiger partial charge >= 0.3 is 0 Å². The molecule has 0 aromatic carbocycles. The molecule has 0 aliphatic heterocycles. The first-order valence-electron chi connectivity index (χ1n) is 5.08. The SMILES string of the molecule is CCCCCc1ccc(NC(C)=O)s1. The summed E-state index contributed by atoms with van der Waals surface area (Å²) < 4.78 is 0. The molecule has 0 aliphatic carbocycles. The minimum absolute atomic E-state index is 0.00644. The van der Waals surface area contributed by atoms with E-state index in [0.717, 1.165) is 11.4 Å². The molecule has 78 valence electrons. The van der Waals surface area contributed by atoms with Crippen LogP contribution in [0.2, 0.25) is 0 Å². The van der Waals surface area contributed by atoms with Gasteiger partial charge in [0.1, 0.15) is 0 Å². The Balaban J connectivity index is 2.38. The maximum absolute atomic E-state index is 10.8. The fraction of sp³-hybridized carbons (Fsp3) is 0.545. The summed E-state index contributed by atoms with van der Waals surface area (Å²) in [6.07, 6.45) is 4.92. The highest BCUT2D eigenvalue weighted by Crippen LogP contribution is 2.23. The molecule has 0 aliphatic rings. The van der Waals surface area contributed by atoms with Crippen LogP contribution < -0.4 is 5.32 Å². The minimum atomic E-state index is 0.00644. The van der Waals surface area contributed by atoms with Gasteiger partial charge in [0.25, 0.3) is 0 Å². The predicted octanol–water partition coefficient (Wildman–Crippen LogP) is 3.44. The quantitative estimate of drug-likeness (QED) is 0.743. The van der Waals surface area contributed by atoms with E-state index >= 15 is 0 Å². The zero-order chi connectivity index (χ0) is 10.4. The third-order valence-corrected chi connectivity index (χ3v) is 3.05. The molecule has 0 bridgehead atoms. The van der Waals surface area contributed by atoms with Crippen LogP contribution in [0.1, 0.15) is 38.0 Å². The summed E-state index contributed by atoms with van der Waals surface area (Å²) in [6.45, 7) is 3.74. The van der Waals surface area contributed by atoms with Crippen LogP contribution in [0.5, 0.6) is 0 Å². The second-order valence-electron chi connectivity index (χ2n) is 3.40. The molecule has 0 spiro atoms. The Labute approximate surface area is 89.3 Å². The lowest BCUT2D eigenvalue weighted by molar-refractivity contribution is -0.114. The Hall–Kier alpha value is -0.830. The van der Waals surface area contributed by atoms with Gasteiger partial charge in [0.05, 0.1) is 5.00 Å². The molecule has 0 saturated heterocycles. The van der Waals surface area contributed by atoms with Crippen molar-refractivity contribution in [3.8, 4) is 0 Å². The van der Waals surface area contributed by atoms with Crippen molar-refractivity contribution in [3.05, 3.63) is 17.0 Å². The number of carbonyl (C=O) groups excluding carboxylic acids is 1. The molecule has 0 radical (unpaired) electrons. The summed E-state index contributed by atoms with van der Waals surface area (Å²) in [5.41, 5.74) is 0. The van der Waals surface area contributed by atoms with Crippen LogP contribution in [-0.4, -0.2) is 5.91 Å². The van der Waals surface area contributed by atoms with Crippen molar-refractivity contribution >= 4 is 22.2 Å². The highest BCUT2D eigenvalue weighted by molar-refractivity contribution is 7.16. The van der Waals surface area contributed by atoms with Gasteiger partial charge in [-0.2, -0.15) is 0 Å². The van der Waals surface area contributed by atoms with Crippen molar-refractivity contribution in [2.24, 2.45) is 0 Å². The summed E-state index contributed by atoms with van der Waals surface area (Å²) in [5.74, 6) is 0.00644. The van der Waals surface area contributed by atoms with Crippen molar-refractivity contribution < 1.29 is 4.79 Å². The van der Waals surface area contributed by atoms with Crippen molar-refractivity contribution in [1.82, 2.24) is 0 Å². The van der Waals surface area contributed by atoms with Gasteiger partial charge in [-0.25, -0.2) is 0 Å². The van der Waals surface area contributed by atoms with Gasteiger partial charge < -0.3 is 5.32 Å². The van der Waals surface area contributed by atoms with E-state index in [9.17, 15) is 4.79 Å². The van der Waals surface area contributed by atoms with Gasteiger partial charge in [0.2, 0.25) is 5.91 Å². The molecular formula is C11H17NOS. The smallest absolute Gasteiger partial charge is 0.221 e. The molecule has 0 unspecified atom stereocenters. The van der Waals surface area contributed by atoms with E-state index in [2.05, 4.69) is 18.3 Å². The molecule has 3 heteroatoms. The molecule has 1 aromatic rings. The maximum atomic E-state index is 10.8. The van der Waals surface area contributed by atoms with E-state index in [1.807, 2.05) is 6.07 Å². The van der Waals surface area contributed by atoms with Gasteiger partial charge in [-0.1, -0.05) is 19.8 Å². The van der Waals surface area contributed by atoms with Crippen LogP contribution in [0, 0.1) is 0 Å². The van der Waals surface area contributed by atoms with Crippen molar-refractivity contribution in [3.63, 3.8) is 0 Å². The lowest BCUT2D eigenvalue weighted by Crippen LogP contribution is -2.03. The molecule has 0 fully saturated rings. The zero-order valence-electron chi connectivity index (χ0n) is 8.80. The highest BCUT2D eigenvalue weighted by Gasteiger charge is 2.00. The van der Waals surface area contributed by atoms with Crippen LogP contribution >= 0.6 is 11.3 Å². The number of unbranched alkanes of at least 4 members (excludes halogenated alkanes) is 2. The number of thiophene rings is 1. The van der Waals surface area contributed by atoms with Crippen LogP contribution in [0.4, 0.5) is 5.00 Å². The number of rotatable bonds is 5. The van der Waals surface area contributed by atoms with Crippen LogP contribution in [0.3, 0.4) is 0 Å². The molecule has 14 heavy (non-hydrogen) atoms. The Morgan fingerprint density at radius 2 is 2.21 bits per heavy atom. The van der Waals surface area contributed by atoms with Crippen molar-refractivity contribution in [2.45, 2.75) is 39.5 Å². The normalized spacial score (nSPS) is 10.1. The second kappa shape index (κ2) is 5.81. The number of aryl methyl sites for hydroxylation is 1. The summed E-state index contributed by atoms with van der Waals surface area (Å²) >= 11 is 1.68. The highest BCUT2D eigenvalue weighted by atomic mass is 32.1. The zero-order valence-corrected chi connectivity index (χ0v) is 9.62. The maximum Gasteiger partial charge on any atom is 0.221 e. The first-order valence-corrected chi connectivity index (χ1v) is 5.90. The fourth-order valence-electron chi connectivity index (χ4n) is 1.30. The van der Waals surface area contributed by atoms with E-state index in [0.29, 0.717) is 0 Å². The Bertz CT molecular complexity index is 293. The monoisotopic (exact) mass is 211 g/mol. The van der Waals surface area contributed by atoms with Gasteiger partial charge in [-0.05, 0) is 25.0 Å². The van der Waals surface area contributed by atoms with Crippen LogP contribution in [0.25, 0.3) is 0 Å². The van der Waals surface area contributed by atoms with E-state index in [1.165, 1.54) is 31.1 Å². The first kappa shape index (κ1) is 11.2. The van der Waals surface area contributed by atoms with E-state index in [-0.39, 0.29) is 5.91 Å². The van der Waals surface area contributed by atoms with Crippen molar-refractivity contribution in [2.75, 3.05) is 5.32 Å². The molecule has 1 rings (SSSR count). The first-order chi connectivity index (χ1) is 6.72. The van der Waals surface area contributed by atoms with Gasteiger partial charge in [0.15, 0.2) is 0 Å². The number of anilines is 1. The summed E-state index contributed by atoms with van der Waals surface area (Å²) in [6, 6.07) is 4.08. The van der Waals surface area contributed by atoms with Crippen molar-refractivity contribution in [1.29, 1.82) is 0 Å². The fourth-order valence-corrected chi connectivity index (χ4v) is 2.30. The van der Waals surface area contributed by atoms with E-state index < -0.39 is 0 Å². The Morgan fingerprint density at radius 3 is 2.86 bits per heavy atom. The molecule has 1 N–H and O–H groups in total. The average molecular weight is 211 g/mol. The minimum Gasteiger partial charge on any atom is -0.318 e. The number of amides is 1. The number of hydrogen-bond acceptors (Lipinski definition) is 2. The molecule has 0 atom stereocenters. The third kappa shape index (κ3) is 3.92.